The molecule has 1 saturated heterocycles. The first-order valence-electron chi connectivity index (χ1n) is 12.1. The molecule has 0 bridgehead atoms. The molecule has 2 aromatic carbocycles. The van der Waals surface area contributed by atoms with E-state index in [1.165, 1.54) is 5.06 Å². The van der Waals surface area contributed by atoms with Gasteiger partial charge in [-0.25, -0.2) is 4.98 Å². The first kappa shape index (κ1) is 27.2. The number of nitrogens with zero attached hydrogens (tertiary/aromatic N) is 4. The normalized spacial score (nSPS) is 17.0. The van der Waals surface area contributed by atoms with Crippen LogP contribution < -0.4 is 16.0 Å². The predicted molar refractivity (Wildman–Crippen MR) is 145 cm³/mol. The fourth-order valence-electron chi connectivity index (χ4n) is 4.81. The monoisotopic (exact) mass is 539 g/mol. The number of piperidine rings is 1. The number of anilines is 4. The minimum Gasteiger partial charge on any atom is -0.349 e. The quantitative estimate of drug-likeness (QED) is 0.220. The number of nitro groups is 1. The lowest BCUT2D eigenvalue weighted by Gasteiger charge is -2.51. The number of hydrogen-bond acceptors (Lipinski definition) is 9. The zero-order valence-corrected chi connectivity index (χ0v) is 22.3. The fourth-order valence-corrected chi connectivity index (χ4v) is 4.93. The van der Waals surface area contributed by atoms with Crippen LogP contribution >= 0.6 is 11.6 Å². The number of carbonyl (C=O) groups excluding carboxylic acids is 1. The van der Waals surface area contributed by atoms with Gasteiger partial charge in [0.2, 0.25) is 11.8 Å². The molecule has 0 radical (unpaired) electrons. The summed E-state index contributed by atoms with van der Waals surface area (Å²) in [5.74, 6) is -0.0457. The van der Waals surface area contributed by atoms with Gasteiger partial charge in [0.05, 0.1) is 4.92 Å². The Morgan fingerprint density at radius 3 is 2.16 bits per heavy atom. The van der Waals surface area contributed by atoms with Gasteiger partial charge in [-0.3, -0.25) is 14.9 Å². The lowest BCUT2D eigenvalue weighted by Crippen LogP contribution is -2.62. The Bertz CT molecular complexity index is 1310. The van der Waals surface area contributed by atoms with Crippen molar-refractivity contribution in [3.8, 4) is 0 Å². The molecule has 4 N–H and O–H groups in total. The number of hydroxylamine groups is 2. The highest BCUT2D eigenvalue weighted by atomic mass is 35.5. The number of rotatable bonds is 7. The van der Waals surface area contributed by atoms with Crippen LogP contribution in [0.15, 0.2) is 54.7 Å². The largest absolute Gasteiger partial charge is 0.349 e. The van der Waals surface area contributed by atoms with Crippen LogP contribution in [0.2, 0.25) is 5.02 Å². The molecule has 1 fully saturated rings. The summed E-state index contributed by atoms with van der Waals surface area (Å²) in [4.78, 5) is 32.1. The summed E-state index contributed by atoms with van der Waals surface area (Å²) in [5.41, 5.74) is 0.430. The van der Waals surface area contributed by atoms with Crippen LogP contribution in [0.25, 0.3) is 0 Å². The third-order valence-electron chi connectivity index (χ3n) is 6.45. The standard InChI is InChI=1S/C26H30ClN7O4/c1-25(2)13-20(14-26(3,4)34(25)38)30-23(35)16-5-9-19(10-6-16)31-24-28-15-21(33(36)37)22(32-24)29-18-11-7-17(27)8-12-18/h5-12,15,20,38H,13-14H2,1-4H3,(H,30,35)(H2,28,29,31,32). The summed E-state index contributed by atoms with van der Waals surface area (Å²) >= 11 is 5.91. The molecule has 38 heavy (non-hydrogen) atoms. The Labute approximate surface area is 225 Å². The van der Waals surface area contributed by atoms with Crippen molar-refractivity contribution >= 4 is 46.3 Å². The van der Waals surface area contributed by atoms with Crippen LogP contribution in [-0.2, 0) is 0 Å². The summed E-state index contributed by atoms with van der Waals surface area (Å²) in [6, 6.07) is 13.3. The van der Waals surface area contributed by atoms with Gasteiger partial charge in [0.1, 0.15) is 6.20 Å². The molecule has 0 unspecified atom stereocenters. The van der Waals surface area contributed by atoms with Crippen molar-refractivity contribution in [2.24, 2.45) is 0 Å². The van der Waals surface area contributed by atoms with Crippen LogP contribution in [0.5, 0.6) is 0 Å². The van der Waals surface area contributed by atoms with Crippen molar-refractivity contribution in [3.63, 3.8) is 0 Å². The van der Waals surface area contributed by atoms with Gasteiger partial charge in [-0.1, -0.05) is 11.6 Å². The van der Waals surface area contributed by atoms with Crippen molar-refractivity contribution in [2.75, 3.05) is 10.6 Å². The molecular formula is C26H30ClN7O4. The van der Waals surface area contributed by atoms with E-state index in [4.69, 9.17) is 11.6 Å². The average molecular weight is 540 g/mol. The Morgan fingerprint density at radius 2 is 1.58 bits per heavy atom. The number of amides is 1. The van der Waals surface area contributed by atoms with Crippen molar-refractivity contribution in [3.05, 3.63) is 75.4 Å². The first-order valence-corrected chi connectivity index (χ1v) is 12.4. The Hall–Kier alpha value is -3.80. The van der Waals surface area contributed by atoms with Crippen molar-refractivity contribution in [1.29, 1.82) is 0 Å². The molecule has 1 amide bonds. The summed E-state index contributed by atoms with van der Waals surface area (Å²) in [5, 5.41) is 32.9. The molecule has 3 aromatic rings. The molecule has 1 aliphatic heterocycles. The van der Waals surface area contributed by atoms with Gasteiger partial charge in [-0.2, -0.15) is 10.0 Å². The lowest BCUT2D eigenvalue weighted by molar-refractivity contribution is -0.384. The van der Waals surface area contributed by atoms with E-state index in [1.807, 2.05) is 27.7 Å². The molecule has 2 heterocycles. The van der Waals surface area contributed by atoms with Crippen molar-refractivity contribution < 1.29 is 14.9 Å². The van der Waals surface area contributed by atoms with E-state index in [0.717, 1.165) is 6.20 Å². The lowest BCUT2D eigenvalue weighted by atomic mass is 9.79. The summed E-state index contributed by atoms with van der Waals surface area (Å²) in [7, 11) is 0. The van der Waals surface area contributed by atoms with E-state index in [0.29, 0.717) is 34.8 Å². The maximum atomic E-state index is 12.9. The van der Waals surface area contributed by atoms with Crippen molar-refractivity contribution in [2.45, 2.75) is 57.7 Å². The van der Waals surface area contributed by atoms with Gasteiger partial charge < -0.3 is 21.2 Å². The number of nitrogens with one attached hydrogen (secondary N) is 3. The van der Waals surface area contributed by atoms with Gasteiger partial charge in [-0.15, -0.1) is 0 Å². The smallest absolute Gasteiger partial charge is 0.329 e. The molecule has 4 rings (SSSR count). The van der Waals surface area contributed by atoms with Gasteiger partial charge in [-0.05, 0) is 89.1 Å². The molecule has 1 aromatic heterocycles. The maximum Gasteiger partial charge on any atom is 0.329 e. The first-order chi connectivity index (χ1) is 17.8. The van der Waals surface area contributed by atoms with Gasteiger partial charge >= 0.3 is 5.69 Å². The minimum absolute atomic E-state index is 0.0191. The zero-order valence-electron chi connectivity index (χ0n) is 21.5. The molecular weight excluding hydrogens is 510 g/mol. The predicted octanol–water partition coefficient (Wildman–Crippen LogP) is 5.67. The van der Waals surface area contributed by atoms with Crippen LogP contribution in [-0.4, -0.2) is 48.2 Å². The maximum absolute atomic E-state index is 12.9. The molecule has 0 spiro atoms. The van der Waals surface area contributed by atoms with Gasteiger partial charge in [0, 0.05) is 39.1 Å². The molecule has 200 valence electrons. The van der Waals surface area contributed by atoms with E-state index in [2.05, 4.69) is 25.9 Å². The van der Waals surface area contributed by atoms with Crippen molar-refractivity contribution in [1.82, 2.24) is 20.3 Å². The zero-order chi connectivity index (χ0) is 27.7. The van der Waals surface area contributed by atoms with E-state index < -0.39 is 16.0 Å². The second-order valence-corrected chi connectivity index (χ2v) is 11.0. The number of halogens is 1. The van der Waals surface area contributed by atoms with E-state index in [1.54, 1.807) is 48.5 Å². The van der Waals surface area contributed by atoms with Crippen LogP contribution in [0.3, 0.4) is 0 Å². The average Bonchev–Trinajstić information content (AvgIpc) is 2.84. The molecule has 0 aliphatic carbocycles. The minimum atomic E-state index is -0.567. The van der Waals surface area contributed by atoms with Gasteiger partial charge in [0.25, 0.3) is 5.91 Å². The van der Waals surface area contributed by atoms with E-state index in [9.17, 15) is 20.1 Å². The number of aromatic nitrogens is 2. The third-order valence-corrected chi connectivity index (χ3v) is 6.70. The number of hydrogen-bond donors (Lipinski definition) is 4. The Kier molecular flexibility index (Phi) is 7.54. The van der Waals surface area contributed by atoms with Crippen LogP contribution in [0.4, 0.5) is 28.8 Å². The summed E-state index contributed by atoms with van der Waals surface area (Å²) < 4.78 is 0. The SMILES string of the molecule is CC1(C)CC(NC(=O)c2ccc(Nc3ncc([N+](=O)[O-])c(Nc4ccc(Cl)cc4)n3)cc2)CC(C)(C)N1O. The fraction of sp³-hybridized carbons (Fsp3) is 0.346. The number of benzene rings is 2. The van der Waals surface area contributed by atoms with Gasteiger partial charge in [0.15, 0.2) is 0 Å². The summed E-state index contributed by atoms with van der Waals surface area (Å²) in [6.45, 7) is 7.79. The molecule has 0 saturated carbocycles. The number of carbonyl (C=O) groups is 1. The summed E-state index contributed by atoms with van der Waals surface area (Å²) in [6.07, 6.45) is 2.35. The molecule has 12 heteroatoms. The third kappa shape index (κ3) is 6.18. The Morgan fingerprint density at radius 1 is 1.03 bits per heavy atom. The van der Waals surface area contributed by atoms with E-state index >= 15 is 0 Å². The molecule has 1 aliphatic rings. The molecule has 0 atom stereocenters. The second kappa shape index (κ2) is 10.5. The molecule has 11 nitrogen and oxygen atoms in total. The highest BCUT2D eigenvalue weighted by Gasteiger charge is 2.45. The second-order valence-electron chi connectivity index (χ2n) is 10.5. The Balaban J connectivity index is 1.45. The highest BCUT2D eigenvalue weighted by Crippen LogP contribution is 2.36. The van der Waals surface area contributed by atoms with Crippen LogP contribution in [0, 0.1) is 10.1 Å². The van der Waals surface area contributed by atoms with Crippen LogP contribution in [0.1, 0.15) is 50.9 Å². The topological polar surface area (TPSA) is 146 Å². The highest BCUT2D eigenvalue weighted by molar-refractivity contribution is 6.30. The van der Waals surface area contributed by atoms with E-state index in [-0.39, 0.29) is 29.4 Å².